The zero-order chi connectivity index (χ0) is 12.0. The molecule has 1 unspecified atom stereocenters. The van der Waals surface area contributed by atoms with Crippen molar-refractivity contribution in [1.82, 2.24) is 0 Å². The van der Waals surface area contributed by atoms with Gasteiger partial charge in [0.25, 0.3) is 0 Å². The fourth-order valence-electron chi connectivity index (χ4n) is 1.14. The SMILES string of the molecule is CCC(O)C#Cc1ccccc1C(=O)OC. The lowest BCUT2D eigenvalue weighted by Crippen LogP contribution is -2.04. The molecule has 0 radical (unpaired) electrons. The summed E-state index contributed by atoms with van der Waals surface area (Å²) in [5, 5.41) is 9.32. The van der Waals surface area contributed by atoms with Gasteiger partial charge in [-0.2, -0.15) is 0 Å². The third-order valence-corrected chi connectivity index (χ3v) is 2.09. The van der Waals surface area contributed by atoms with Crippen LogP contribution in [0.3, 0.4) is 0 Å². The summed E-state index contributed by atoms with van der Waals surface area (Å²) in [4.78, 5) is 11.4. The van der Waals surface area contributed by atoms with Crippen molar-refractivity contribution < 1.29 is 14.6 Å². The number of rotatable bonds is 2. The Morgan fingerprint density at radius 1 is 1.50 bits per heavy atom. The van der Waals surface area contributed by atoms with Gasteiger partial charge in [-0.1, -0.05) is 30.9 Å². The van der Waals surface area contributed by atoms with Gasteiger partial charge < -0.3 is 9.84 Å². The Hall–Kier alpha value is -1.79. The summed E-state index contributed by atoms with van der Waals surface area (Å²) >= 11 is 0. The van der Waals surface area contributed by atoms with Crippen LogP contribution in [0.25, 0.3) is 0 Å². The molecule has 3 nitrogen and oxygen atoms in total. The third-order valence-electron chi connectivity index (χ3n) is 2.09. The minimum atomic E-state index is -0.661. The first kappa shape index (κ1) is 12.3. The number of ether oxygens (including phenoxy) is 1. The van der Waals surface area contributed by atoms with E-state index in [-0.39, 0.29) is 0 Å². The van der Waals surface area contributed by atoms with Crippen LogP contribution in [0.4, 0.5) is 0 Å². The van der Waals surface area contributed by atoms with Gasteiger partial charge in [0.05, 0.1) is 12.7 Å². The van der Waals surface area contributed by atoms with Crippen molar-refractivity contribution in [2.75, 3.05) is 7.11 Å². The molecule has 0 saturated heterocycles. The highest BCUT2D eigenvalue weighted by atomic mass is 16.5. The zero-order valence-corrected chi connectivity index (χ0v) is 9.36. The maximum atomic E-state index is 11.4. The predicted molar refractivity (Wildman–Crippen MR) is 61.0 cm³/mol. The molecule has 1 aromatic rings. The molecule has 0 aliphatic heterocycles. The van der Waals surface area contributed by atoms with Gasteiger partial charge in [0.1, 0.15) is 6.10 Å². The van der Waals surface area contributed by atoms with Crippen LogP contribution in [0.15, 0.2) is 24.3 Å². The van der Waals surface area contributed by atoms with E-state index in [2.05, 4.69) is 16.6 Å². The lowest BCUT2D eigenvalue weighted by molar-refractivity contribution is 0.0600. The zero-order valence-electron chi connectivity index (χ0n) is 9.36. The largest absolute Gasteiger partial charge is 0.465 e. The molecule has 0 spiro atoms. The molecule has 1 rings (SSSR count). The second-order valence-electron chi connectivity index (χ2n) is 3.23. The smallest absolute Gasteiger partial charge is 0.339 e. The summed E-state index contributed by atoms with van der Waals surface area (Å²) in [5.74, 6) is 5.02. The van der Waals surface area contributed by atoms with E-state index < -0.39 is 12.1 Å². The molecule has 1 N–H and O–H groups in total. The number of esters is 1. The van der Waals surface area contributed by atoms with Gasteiger partial charge in [-0.05, 0) is 18.6 Å². The van der Waals surface area contributed by atoms with Crippen molar-refractivity contribution in [3.05, 3.63) is 35.4 Å². The first-order valence-electron chi connectivity index (χ1n) is 5.06. The number of methoxy groups -OCH3 is 1. The van der Waals surface area contributed by atoms with E-state index in [1.807, 2.05) is 6.92 Å². The van der Waals surface area contributed by atoms with Gasteiger partial charge in [0.2, 0.25) is 0 Å². The predicted octanol–water partition coefficient (Wildman–Crippen LogP) is 1.60. The van der Waals surface area contributed by atoms with E-state index >= 15 is 0 Å². The normalized spacial score (nSPS) is 11.2. The van der Waals surface area contributed by atoms with Gasteiger partial charge in [0.15, 0.2) is 0 Å². The first-order valence-corrected chi connectivity index (χ1v) is 5.06. The van der Waals surface area contributed by atoms with Crippen LogP contribution in [0, 0.1) is 11.8 Å². The summed E-state index contributed by atoms with van der Waals surface area (Å²) in [5.41, 5.74) is 0.989. The topological polar surface area (TPSA) is 46.5 Å². The molecular weight excluding hydrogens is 204 g/mol. The minimum absolute atomic E-state index is 0.417. The number of hydrogen-bond acceptors (Lipinski definition) is 3. The quantitative estimate of drug-likeness (QED) is 0.605. The highest BCUT2D eigenvalue weighted by Gasteiger charge is 2.08. The monoisotopic (exact) mass is 218 g/mol. The number of carbonyl (C=O) groups excluding carboxylic acids is 1. The van der Waals surface area contributed by atoms with Crippen molar-refractivity contribution >= 4 is 5.97 Å². The summed E-state index contributed by atoms with van der Waals surface area (Å²) in [7, 11) is 1.33. The average Bonchev–Trinajstić information content (AvgIpc) is 2.35. The molecule has 84 valence electrons. The minimum Gasteiger partial charge on any atom is -0.465 e. The summed E-state index contributed by atoms with van der Waals surface area (Å²) in [6.45, 7) is 1.84. The Balaban J connectivity index is 3.03. The van der Waals surface area contributed by atoms with Crippen LogP contribution in [-0.2, 0) is 4.74 Å². The lowest BCUT2D eigenvalue weighted by Gasteiger charge is -2.01. The lowest BCUT2D eigenvalue weighted by atomic mass is 10.1. The molecule has 16 heavy (non-hydrogen) atoms. The summed E-state index contributed by atoms with van der Waals surface area (Å²) in [6.07, 6.45) is -0.0985. The van der Waals surface area contributed by atoms with E-state index in [1.165, 1.54) is 7.11 Å². The molecule has 0 aliphatic rings. The highest BCUT2D eigenvalue weighted by Crippen LogP contribution is 2.08. The fraction of sp³-hybridized carbons (Fsp3) is 0.308. The number of carbonyl (C=O) groups is 1. The maximum absolute atomic E-state index is 11.4. The van der Waals surface area contributed by atoms with Gasteiger partial charge in [-0.15, -0.1) is 0 Å². The van der Waals surface area contributed by atoms with Gasteiger partial charge >= 0.3 is 5.97 Å². The van der Waals surface area contributed by atoms with Crippen LogP contribution in [0.1, 0.15) is 29.3 Å². The second kappa shape index (κ2) is 5.94. The highest BCUT2D eigenvalue weighted by molar-refractivity contribution is 5.92. The maximum Gasteiger partial charge on any atom is 0.339 e. The van der Waals surface area contributed by atoms with E-state index in [0.29, 0.717) is 17.5 Å². The molecule has 1 atom stereocenters. The third kappa shape index (κ3) is 3.11. The number of hydrogen-bond donors (Lipinski definition) is 1. The molecule has 0 amide bonds. The number of aliphatic hydroxyl groups is 1. The fourth-order valence-corrected chi connectivity index (χ4v) is 1.14. The van der Waals surface area contributed by atoms with Crippen LogP contribution in [-0.4, -0.2) is 24.3 Å². The molecule has 0 aliphatic carbocycles. The van der Waals surface area contributed by atoms with Crippen molar-refractivity contribution in [3.8, 4) is 11.8 Å². The van der Waals surface area contributed by atoms with Crippen molar-refractivity contribution in [1.29, 1.82) is 0 Å². The standard InChI is InChI=1S/C13H14O3/c1-3-11(14)9-8-10-6-4-5-7-12(10)13(15)16-2/h4-7,11,14H,3H2,1-2H3. The molecular formula is C13H14O3. The van der Waals surface area contributed by atoms with Crippen LogP contribution < -0.4 is 0 Å². The Morgan fingerprint density at radius 2 is 2.19 bits per heavy atom. The molecule has 1 aromatic carbocycles. The molecule has 0 saturated carbocycles. The van der Waals surface area contributed by atoms with Crippen LogP contribution >= 0.6 is 0 Å². The summed E-state index contributed by atoms with van der Waals surface area (Å²) < 4.78 is 4.64. The van der Waals surface area contributed by atoms with Gasteiger partial charge in [0, 0.05) is 5.56 Å². The molecule has 0 aromatic heterocycles. The Morgan fingerprint density at radius 3 is 2.81 bits per heavy atom. The van der Waals surface area contributed by atoms with E-state index in [0.717, 1.165) is 0 Å². The molecule has 0 bridgehead atoms. The van der Waals surface area contributed by atoms with E-state index in [9.17, 15) is 9.90 Å². The first-order chi connectivity index (χ1) is 7.69. The average molecular weight is 218 g/mol. The van der Waals surface area contributed by atoms with Gasteiger partial charge in [-0.3, -0.25) is 0 Å². The second-order valence-corrected chi connectivity index (χ2v) is 3.23. The Bertz CT molecular complexity index is 426. The van der Waals surface area contributed by atoms with Crippen molar-refractivity contribution in [3.63, 3.8) is 0 Å². The molecule has 0 heterocycles. The summed E-state index contributed by atoms with van der Waals surface area (Å²) in [6, 6.07) is 6.90. The van der Waals surface area contributed by atoms with Crippen molar-refractivity contribution in [2.45, 2.75) is 19.4 Å². The Kier molecular flexibility index (Phi) is 4.56. The van der Waals surface area contributed by atoms with E-state index in [1.54, 1.807) is 24.3 Å². The van der Waals surface area contributed by atoms with Crippen LogP contribution in [0.5, 0.6) is 0 Å². The van der Waals surface area contributed by atoms with Gasteiger partial charge in [-0.25, -0.2) is 4.79 Å². The Labute approximate surface area is 95.1 Å². The van der Waals surface area contributed by atoms with E-state index in [4.69, 9.17) is 0 Å². The molecule has 0 fully saturated rings. The molecule has 3 heteroatoms. The number of benzene rings is 1. The number of aliphatic hydroxyl groups excluding tert-OH is 1. The van der Waals surface area contributed by atoms with Crippen molar-refractivity contribution in [2.24, 2.45) is 0 Å². The van der Waals surface area contributed by atoms with Crippen LogP contribution in [0.2, 0.25) is 0 Å².